The van der Waals surface area contributed by atoms with Gasteiger partial charge in [0.15, 0.2) is 0 Å². The molecule has 6 heteroatoms. The molecule has 33 heavy (non-hydrogen) atoms. The smallest absolute Gasteiger partial charge is 0.261 e. The van der Waals surface area contributed by atoms with Gasteiger partial charge in [-0.2, -0.15) is 0 Å². The fraction of sp³-hybridized carbons (Fsp3) is 0.222. The number of benzene rings is 3. The van der Waals surface area contributed by atoms with E-state index in [0.29, 0.717) is 35.7 Å². The number of nitrogens with zero attached hydrogens (tertiary/aromatic N) is 2. The highest BCUT2D eigenvalue weighted by Crippen LogP contribution is 2.30. The minimum atomic E-state index is -0.302. The van der Waals surface area contributed by atoms with Crippen LogP contribution in [0.3, 0.4) is 0 Å². The molecule has 0 aliphatic carbocycles. The van der Waals surface area contributed by atoms with E-state index in [1.807, 2.05) is 23.1 Å². The largest absolute Gasteiger partial charge is 0.508 e. The molecule has 0 radical (unpaired) electrons. The minimum absolute atomic E-state index is 0.0385. The average Bonchev–Trinajstić information content (AvgIpc) is 3.09. The molecule has 0 aromatic heterocycles. The lowest BCUT2D eigenvalue weighted by Crippen LogP contribution is -2.38. The Kier molecular flexibility index (Phi) is 5.42. The zero-order valence-electron chi connectivity index (χ0n) is 18.1. The monoisotopic (exact) mass is 440 g/mol. The summed E-state index contributed by atoms with van der Waals surface area (Å²) in [4.78, 5) is 41.5. The van der Waals surface area contributed by atoms with Gasteiger partial charge in [-0.05, 0) is 66.3 Å². The molecule has 1 fully saturated rings. The number of carbonyl (C=O) groups excluding carboxylic acids is 3. The number of phenols is 1. The maximum atomic E-state index is 13.1. The van der Waals surface area contributed by atoms with Gasteiger partial charge < -0.3 is 10.0 Å². The van der Waals surface area contributed by atoms with Gasteiger partial charge >= 0.3 is 0 Å². The third kappa shape index (κ3) is 4.00. The number of imide groups is 1. The summed E-state index contributed by atoms with van der Waals surface area (Å²) in [5, 5.41) is 9.49. The van der Waals surface area contributed by atoms with E-state index in [1.54, 1.807) is 54.6 Å². The molecular formula is C27H24N2O4. The molecule has 1 N–H and O–H groups in total. The van der Waals surface area contributed by atoms with Crippen molar-refractivity contribution >= 4 is 17.7 Å². The second kappa shape index (κ2) is 8.54. The Balaban J connectivity index is 1.25. The average molecular weight is 440 g/mol. The molecule has 2 aliphatic heterocycles. The molecule has 2 heterocycles. The molecular weight excluding hydrogens is 416 g/mol. The van der Waals surface area contributed by atoms with Crippen molar-refractivity contribution in [3.63, 3.8) is 0 Å². The van der Waals surface area contributed by atoms with E-state index < -0.39 is 0 Å². The molecule has 166 valence electrons. The molecule has 3 aromatic rings. The van der Waals surface area contributed by atoms with Crippen molar-refractivity contribution in [2.75, 3.05) is 13.1 Å². The van der Waals surface area contributed by atoms with Gasteiger partial charge in [0.1, 0.15) is 5.75 Å². The summed E-state index contributed by atoms with van der Waals surface area (Å²) in [6.07, 6.45) is 1.73. The van der Waals surface area contributed by atoms with Gasteiger partial charge in [0, 0.05) is 18.7 Å². The van der Waals surface area contributed by atoms with Crippen LogP contribution in [-0.2, 0) is 6.54 Å². The van der Waals surface area contributed by atoms with Crippen molar-refractivity contribution in [3.8, 4) is 5.75 Å². The maximum Gasteiger partial charge on any atom is 0.261 e. The van der Waals surface area contributed by atoms with Crippen LogP contribution < -0.4 is 0 Å². The third-order valence-corrected chi connectivity index (χ3v) is 6.54. The minimum Gasteiger partial charge on any atom is -0.508 e. The van der Waals surface area contributed by atoms with Crippen molar-refractivity contribution < 1.29 is 19.5 Å². The molecule has 0 atom stereocenters. The Hall–Kier alpha value is -3.93. The van der Waals surface area contributed by atoms with E-state index in [1.165, 1.54) is 10.5 Å². The van der Waals surface area contributed by atoms with Gasteiger partial charge in [-0.1, -0.05) is 36.4 Å². The molecule has 5 rings (SSSR count). The number of hydrogen-bond donors (Lipinski definition) is 1. The first kappa shape index (κ1) is 20.9. The highest BCUT2D eigenvalue weighted by atomic mass is 16.3. The van der Waals surface area contributed by atoms with Gasteiger partial charge in [-0.3, -0.25) is 19.3 Å². The molecule has 1 saturated heterocycles. The van der Waals surface area contributed by atoms with Crippen LogP contribution in [0, 0.1) is 0 Å². The number of carbonyl (C=O) groups is 3. The van der Waals surface area contributed by atoms with Crippen LogP contribution in [-0.4, -0.2) is 45.7 Å². The highest BCUT2D eigenvalue weighted by molar-refractivity contribution is 6.21. The SMILES string of the molecule is O=C(c1cccc(CN2C(=O)c3ccccc3C2=O)c1)N1CCC(c2ccc(O)cc2)CC1. The molecule has 2 aliphatic rings. The summed E-state index contributed by atoms with van der Waals surface area (Å²) >= 11 is 0. The Bertz CT molecular complexity index is 1190. The quantitative estimate of drug-likeness (QED) is 0.617. The van der Waals surface area contributed by atoms with Crippen LogP contribution in [0.2, 0.25) is 0 Å². The van der Waals surface area contributed by atoms with Crippen molar-refractivity contribution in [1.29, 1.82) is 0 Å². The zero-order valence-corrected chi connectivity index (χ0v) is 18.1. The number of likely N-dealkylation sites (tertiary alicyclic amines) is 1. The predicted octanol–water partition coefficient (Wildman–Crippen LogP) is 4.21. The van der Waals surface area contributed by atoms with Crippen molar-refractivity contribution in [2.24, 2.45) is 0 Å². The summed E-state index contributed by atoms with van der Waals surface area (Å²) in [7, 11) is 0. The van der Waals surface area contributed by atoms with E-state index in [0.717, 1.165) is 18.4 Å². The van der Waals surface area contributed by atoms with Gasteiger partial charge in [0.05, 0.1) is 17.7 Å². The Morgan fingerprint density at radius 3 is 2.12 bits per heavy atom. The molecule has 6 nitrogen and oxygen atoms in total. The van der Waals surface area contributed by atoms with Crippen LogP contribution >= 0.6 is 0 Å². The van der Waals surface area contributed by atoms with E-state index >= 15 is 0 Å². The topological polar surface area (TPSA) is 77.9 Å². The first-order valence-electron chi connectivity index (χ1n) is 11.1. The Morgan fingerprint density at radius 1 is 0.848 bits per heavy atom. The first-order chi connectivity index (χ1) is 16.0. The molecule has 3 aromatic carbocycles. The number of rotatable bonds is 4. The number of aromatic hydroxyl groups is 1. The van der Waals surface area contributed by atoms with Gasteiger partial charge in [-0.25, -0.2) is 0 Å². The lowest BCUT2D eigenvalue weighted by Gasteiger charge is -2.32. The zero-order chi connectivity index (χ0) is 22.9. The lowest BCUT2D eigenvalue weighted by atomic mass is 9.89. The van der Waals surface area contributed by atoms with E-state index in [9.17, 15) is 19.5 Å². The van der Waals surface area contributed by atoms with Gasteiger partial charge in [0.2, 0.25) is 0 Å². The van der Waals surface area contributed by atoms with Crippen LogP contribution in [0.4, 0.5) is 0 Å². The number of phenolic OH excluding ortho intramolecular Hbond substituents is 1. The van der Waals surface area contributed by atoms with Crippen molar-refractivity contribution in [3.05, 3.63) is 101 Å². The molecule has 0 unspecified atom stereocenters. The van der Waals surface area contributed by atoms with Crippen LogP contribution in [0.5, 0.6) is 5.75 Å². The van der Waals surface area contributed by atoms with Gasteiger partial charge in [-0.15, -0.1) is 0 Å². The van der Waals surface area contributed by atoms with Crippen molar-refractivity contribution in [2.45, 2.75) is 25.3 Å². The van der Waals surface area contributed by atoms with Crippen LogP contribution in [0.25, 0.3) is 0 Å². The fourth-order valence-corrected chi connectivity index (χ4v) is 4.71. The molecule has 0 spiro atoms. The third-order valence-electron chi connectivity index (χ3n) is 6.54. The predicted molar refractivity (Wildman–Crippen MR) is 123 cm³/mol. The number of amides is 3. The normalized spacial score (nSPS) is 16.2. The van der Waals surface area contributed by atoms with Crippen LogP contribution in [0.15, 0.2) is 72.8 Å². The lowest BCUT2D eigenvalue weighted by molar-refractivity contribution is 0.0642. The van der Waals surface area contributed by atoms with Crippen molar-refractivity contribution in [1.82, 2.24) is 9.80 Å². The summed E-state index contributed by atoms with van der Waals surface area (Å²) in [6, 6.07) is 21.3. The molecule has 3 amide bonds. The second-order valence-electron chi connectivity index (χ2n) is 8.60. The van der Waals surface area contributed by atoms with E-state index in [2.05, 4.69) is 0 Å². The Morgan fingerprint density at radius 2 is 1.48 bits per heavy atom. The summed E-state index contributed by atoms with van der Waals surface area (Å²) in [5.41, 5.74) is 3.34. The van der Waals surface area contributed by atoms with E-state index in [-0.39, 0.29) is 30.0 Å². The standard InChI is InChI=1S/C27H24N2O4/c30-22-10-8-19(9-11-22)20-12-14-28(15-13-20)25(31)21-5-3-4-18(16-21)17-29-26(32)23-6-1-2-7-24(23)27(29)33/h1-11,16,20,30H,12-15,17H2. The summed E-state index contributed by atoms with van der Waals surface area (Å²) < 4.78 is 0. The first-order valence-corrected chi connectivity index (χ1v) is 11.1. The Labute approximate surface area is 192 Å². The molecule has 0 saturated carbocycles. The summed E-state index contributed by atoms with van der Waals surface area (Å²) in [5.74, 6) is -0.0158. The van der Waals surface area contributed by atoms with E-state index in [4.69, 9.17) is 0 Å². The molecule has 0 bridgehead atoms. The highest BCUT2D eigenvalue weighted by Gasteiger charge is 2.35. The number of hydrogen-bond acceptors (Lipinski definition) is 4. The second-order valence-corrected chi connectivity index (χ2v) is 8.60. The number of fused-ring (bicyclic) bond motifs is 1. The maximum absolute atomic E-state index is 13.1. The summed E-state index contributed by atoms with van der Waals surface area (Å²) in [6.45, 7) is 1.45. The van der Waals surface area contributed by atoms with Crippen LogP contribution in [0.1, 0.15) is 61.0 Å². The number of piperidine rings is 1. The van der Waals surface area contributed by atoms with Gasteiger partial charge in [0.25, 0.3) is 17.7 Å². The fourth-order valence-electron chi connectivity index (χ4n) is 4.71.